The third-order valence-electron chi connectivity index (χ3n) is 4.40. The highest BCUT2D eigenvalue weighted by Crippen LogP contribution is 2.36. The monoisotopic (exact) mass is 358 g/mol. The summed E-state index contributed by atoms with van der Waals surface area (Å²) in [5.41, 5.74) is 3.38. The van der Waals surface area contributed by atoms with Gasteiger partial charge in [0.2, 0.25) is 5.91 Å². The van der Waals surface area contributed by atoms with Gasteiger partial charge in [-0.2, -0.15) is 0 Å². The number of benzene rings is 2. The highest BCUT2D eigenvalue weighted by atomic mass is 35.5. The van der Waals surface area contributed by atoms with Crippen LogP contribution in [0.5, 0.6) is 0 Å². The predicted octanol–water partition coefficient (Wildman–Crippen LogP) is 4.67. The largest absolute Gasteiger partial charge is 0.345 e. The van der Waals surface area contributed by atoms with Crippen molar-refractivity contribution in [1.82, 2.24) is 10.6 Å². The van der Waals surface area contributed by atoms with Gasteiger partial charge in [-0.25, -0.2) is 0 Å². The lowest BCUT2D eigenvalue weighted by Gasteiger charge is -2.32. The summed E-state index contributed by atoms with van der Waals surface area (Å²) in [5, 5.41) is 6.94. The van der Waals surface area contributed by atoms with Gasteiger partial charge in [-0.1, -0.05) is 68.8 Å². The van der Waals surface area contributed by atoms with Crippen molar-refractivity contribution in [2.24, 2.45) is 0 Å². The van der Waals surface area contributed by atoms with Crippen LogP contribution in [0.3, 0.4) is 0 Å². The average molecular weight is 359 g/mol. The van der Waals surface area contributed by atoms with Crippen LogP contribution >= 0.6 is 11.6 Å². The van der Waals surface area contributed by atoms with Crippen LogP contribution in [0.1, 0.15) is 55.8 Å². The quantitative estimate of drug-likeness (QED) is 0.833. The molecule has 0 saturated carbocycles. The van der Waals surface area contributed by atoms with Crippen molar-refractivity contribution in [3.8, 4) is 0 Å². The second-order valence-corrected chi connectivity index (χ2v) is 6.48. The topological polar surface area (TPSA) is 41.1 Å². The first-order chi connectivity index (χ1) is 12.1. The number of nitrogens with one attached hydrogen (secondary N) is 2. The van der Waals surface area contributed by atoms with Crippen LogP contribution in [0.4, 0.5) is 0 Å². The molecule has 0 aliphatic carbocycles. The summed E-state index contributed by atoms with van der Waals surface area (Å²) in [4.78, 5) is 12.3. The van der Waals surface area contributed by atoms with Crippen LogP contribution in [0.25, 0.3) is 0 Å². The summed E-state index contributed by atoms with van der Waals surface area (Å²) in [5.74, 6) is 0.0564. The van der Waals surface area contributed by atoms with Gasteiger partial charge in [0.15, 0.2) is 0 Å². The van der Waals surface area contributed by atoms with E-state index in [0.717, 1.165) is 30.6 Å². The molecule has 0 saturated heterocycles. The molecule has 0 radical (unpaired) electrons. The first-order valence-electron chi connectivity index (χ1n) is 8.97. The molecule has 3 rings (SSSR count). The summed E-state index contributed by atoms with van der Waals surface area (Å²) in [6, 6.07) is 15.7. The molecule has 4 heteroatoms. The van der Waals surface area contributed by atoms with Crippen molar-refractivity contribution in [2.75, 3.05) is 13.1 Å². The number of rotatable bonds is 4. The minimum absolute atomic E-state index is 0.0465. The number of carbonyl (C=O) groups excluding carboxylic acids is 1. The van der Waals surface area contributed by atoms with Crippen molar-refractivity contribution in [1.29, 1.82) is 0 Å². The van der Waals surface area contributed by atoms with Crippen LogP contribution in [-0.2, 0) is 4.79 Å². The van der Waals surface area contributed by atoms with Gasteiger partial charge in [0.1, 0.15) is 0 Å². The summed E-state index contributed by atoms with van der Waals surface area (Å²) in [6.45, 7) is 8.43. The van der Waals surface area contributed by atoms with Crippen LogP contribution in [0.15, 0.2) is 48.5 Å². The Morgan fingerprint density at radius 1 is 0.960 bits per heavy atom. The lowest BCUT2D eigenvalue weighted by atomic mass is 9.82. The lowest BCUT2D eigenvalue weighted by Crippen LogP contribution is -2.38. The van der Waals surface area contributed by atoms with E-state index in [2.05, 4.69) is 36.6 Å². The zero-order valence-electron chi connectivity index (χ0n) is 15.2. The molecule has 2 unspecified atom stereocenters. The predicted molar refractivity (Wildman–Crippen MR) is 105 cm³/mol. The first kappa shape index (κ1) is 19.5. The van der Waals surface area contributed by atoms with E-state index in [1.165, 1.54) is 5.56 Å². The van der Waals surface area contributed by atoms with Gasteiger partial charge < -0.3 is 10.6 Å². The number of fused-ring (bicyclic) bond motifs is 1. The fraction of sp³-hybridized carbons (Fsp3) is 0.381. The SMILES string of the molecule is CCC1C(=O)NC(c2ccc(Cl)cc2)c2ccccc21.CCNCC. The Labute approximate surface area is 155 Å². The number of halogens is 1. The van der Waals surface area contributed by atoms with E-state index in [4.69, 9.17) is 11.6 Å². The standard InChI is InChI=1S/C17H16ClNO.C4H11N/c1-2-13-14-5-3-4-6-15(14)16(19-17(13)20)11-7-9-12(18)10-8-11;1-3-5-4-2/h3-10,13,16H,2H2,1H3,(H,19,20);5H,3-4H2,1-2H3. The van der Waals surface area contributed by atoms with Crippen molar-refractivity contribution < 1.29 is 4.79 Å². The van der Waals surface area contributed by atoms with Gasteiger partial charge in [0, 0.05) is 5.02 Å². The summed E-state index contributed by atoms with van der Waals surface area (Å²) in [6.07, 6.45) is 0.816. The highest BCUT2D eigenvalue weighted by Gasteiger charge is 2.32. The zero-order valence-corrected chi connectivity index (χ0v) is 15.9. The minimum atomic E-state index is -0.0845. The molecule has 0 bridgehead atoms. The van der Waals surface area contributed by atoms with E-state index in [1.807, 2.05) is 43.3 Å². The Balaban J connectivity index is 0.000000399. The molecule has 2 aromatic rings. The Bertz CT molecular complexity index is 683. The Hall–Kier alpha value is -1.84. The minimum Gasteiger partial charge on any atom is -0.345 e. The van der Waals surface area contributed by atoms with Crippen molar-refractivity contribution in [3.63, 3.8) is 0 Å². The molecule has 0 spiro atoms. The third-order valence-corrected chi connectivity index (χ3v) is 4.65. The fourth-order valence-electron chi connectivity index (χ4n) is 3.13. The first-order valence-corrected chi connectivity index (χ1v) is 9.35. The maximum atomic E-state index is 12.3. The van der Waals surface area contributed by atoms with Crippen LogP contribution in [-0.4, -0.2) is 19.0 Å². The van der Waals surface area contributed by atoms with E-state index in [1.54, 1.807) is 0 Å². The van der Waals surface area contributed by atoms with Gasteiger partial charge >= 0.3 is 0 Å². The van der Waals surface area contributed by atoms with Gasteiger partial charge in [0.05, 0.1) is 12.0 Å². The van der Waals surface area contributed by atoms with Crippen LogP contribution < -0.4 is 10.6 Å². The molecule has 1 aliphatic heterocycles. The van der Waals surface area contributed by atoms with E-state index in [0.29, 0.717) is 5.02 Å². The van der Waals surface area contributed by atoms with Crippen LogP contribution in [0.2, 0.25) is 5.02 Å². The molecule has 1 amide bonds. The molecule has 2 aromatic carbocycles. The molecule has 1 aliphatic rings. The summed E-state index contributed by atoms with van der Waals surface area (Å²) < 4.78 is 0. The second-order valence-electron chi connectivity index (χ2n) is 6.04. The molecule has 2 N–H and O–H groups in total. The molecule has 3 nitrogen and oxygen atoms in total. The molecule has 0 aromatic heterocycles. The van der Waals surface area contributed by atoms with E-state index < -0.39 is 0 Å². The second kappa shape index (κ2) is 9.59. The summed E-state index contributed by atoms with van der Waals surface area (Å²) in [7, 11) is 0. The number of hydrogen-bond acceptors (Lipinski definition) is 2. The van der Waals surface area contributed by atoms with E-state index in [-0.39, 0.29) is 17.9 Å². The normalized spacial score (nSPS) is 18.6. The Kier molecular flexibility index (Phi) is 7.48. The molecule has 2 atom stereocenters. The Morgan fingerprint density at radius 2 is 1.56 bits per heavy atom. The molecule has 134 valence electrons. The maximum absolute atomic E-state index is 12.3. The number of carbonyl (C=O) groups is 1. The Morgan fingerprint density at radius 3 is 2.08 bits per heavy atom. The summed E-state index contributed by atoms with van der Waals surface area (Å²) >= 11 is 5.94. The van der Waals surface area contributed by atoms with Crippen molar-refractivity contribution >= 4 is 17.5 Å². The molecule has 25 heavy (non-hydrogen) atoms. The van der Waals surface area contributed by atoms with Gasteiger partial charge in [-0.3, -0.25) is 4.79 Å². The molecule has 1 heterocycles. The highest BCUT2D eigenvalue weighted by molar-refractivity contribution is 6.30. The maximum Gasteiger partial charge on any atom is 0.228 e. The third kappa shape index (κ3) is 4.83. The van der Waals surface area contributed by atoms with E-state index in [9.17, 15) is 4.79 Å². The van der Waals surface area contributed by atoms with Crippen molar-refractivity contribution in [2.45, 2.75) is 39.2 Å². The zero-order chi connectivity index (χ0) is 18.2. The lowest BCUT2D eigenvalue weighted by molar-refractivity contribution is -0.123. The molecule has 0 fully saturated rings. The number of amides is 1. The van der Waals surface area contributed by atoms with Gasteiger partial charge in [-0.15, -0.1) is 0 Å². The smallest absolute Gasteiger partial charge is 0.228 e. The van der Waals surface area contributed by atoms with Crippen molar-refractivity contribution in [3.05, 3.63) is 70.2 Å². The molecular formula is C21H27ClN2O. The fourth-order valence-corrected chi connectivity index (χ4v) is 3.25. The van der Waals surface area contributed by atoms with Gasteiger partial charge in [0.25, 0.3) is 0 Å². The van der Waals surface area contributed by atoms with Gasteiger partial charge in [-0.05, 0) is 48.3 Å². The average Bonchev–Trinajstić information content (AvgIpc) is 2.63. The molecular weight excluding hydrogens is 332 g/mol. The van der Waals surface area contributed by atoms with E-state index >= 15 is 0 Å². The van der Waals surface area contributed by atoms with Crippen LogP contribution in [0, 0.1) is 0 Å². The number of hydrogen-bond donors (Lipinski definition) is 2.